The van der Waals surface area contributed by atoms with Crippen LogP contribution in [-0.4, -0.2) is 5.91 Å². The van der Waals surface area contributed by atoms with E-state index in [-0.39, 0.29) is 5.91 Å². The summed E-state index contributed by atoms with van der Waals surface area (Å²) < 4.78 is 1.03. The monoisotopic (exact) mass is 329 g/mol. The highest BCUT2D eigenvalue weighted by Crippen LogP contribution is 2.22. The fourth-order valence-electron chi connectivity index (χ4n) is 1.32. The van der Waals surface area contributed by atoms with Crippen LogP contribution in [0, 0.1) is 0 Å². The van der Waals surface area contributed by atoms with E-state index in [9.17, 15) is 4.79 Å². The minimum absolute atomic E-state index is 0.0954. The number of carbonyl (C=O) groups excluding carboxylic acids is 1. The number of benzene rings is 1. The van der Waals surface area contributed by atoms with Crippen LogP contribution in [0.4, 0.5) is 0 Å². The number of rotatable bonds is 3. The zero-order chi connectivity index (χ0) is 12.3. The third kappa shape index (κ3) is 3.31. The fourth-order valence-corrected chi connectivity index (χ4v) is 2.87. The van der Waals surface area contributed by atoms with Gasteiger partial charge in [-0.1, -0.05) is 11.6 Å². The molecule has 0 atom stereocenters. The number of nitrogens with one attached hydrogen (secondary N) is 1. The third-order valence-electron chi connectivity index (χ3n) is 2.21. The van der Waals surface area contributed by atoms with Gasteiger partial charge >= 0.3 is 0 Å². The Morgan fingerprint density at radius 2 is 2.00 bits per heavy atom. The van der Waals surface area contributed by atoms with Crippen molar-refractivity contribution in [2.45, 2.75) is 6.54 Å². The topological polar surface area (TPSA) is 29.1 Å². The van der Waals surface area contributed by atoms with E-state index in [0.29, 0.717) is 17.1 Å². The SMILES string of the molecule is O=C(NCc1sccc1Br)c1ccc(Cl)cc1. The van der Waals surface area contributed by atoms with Gasteiger partial charge in [-0.25, -0.2) is 0 Å². The van der Waals surface area contributed by atoms with Crippen molar-refractivity contribution in [1.82, 2.24) is 5.32 Å². The number of carbonyl (C=O) groups is 1. The quantitative estimate of drug-likeness (QED) is 0.902. The molecule has 2 nitrogen and oxygen atoms in total. The Kier molecular flexibility index (Phi) is 4.20. The summed E-state index contributed by atoms with van der Waals surface area (Å²) in [5.41, 5.74) is 0.613. The van der Waals surface area contributed by atoms with Crippen LogP contribution in [0.3, 0.4) is 0 Å². The summed E-state index contributed by atoms with van der Waals surface area (Å²) >= 11 is 10.8. The van der Waals surface area contributed by atoms with Crippen LogP contribution < -0.4 is 5.32 Å². The molecule has 5 heteroatoms. The summed E-state index contributed by atoms with van der Waals surface area (Å²) in [6.45, 7) is 0.527. The Morgan fingerprint density at radius 3 is 2.59 bits per heavy atom. The third-order valence-corrected chi connectivity index (χ3v) is 4.39. The second kappa shape index (κ2) is 5.67. The molecule has 2 aromatic rings. The van der Waals surface area contributed by atoms with Crippen molar-refractivity contribution in [3.05, 3.63) is 55.6 Å². The second-order valence-corrected chi connectivity index (χ2v) is 5.67. The Labute approximate surface area is 117 Å². The Balaban J connectivity index is 1.98. The van der Waals surface area contributed by atoms with Gasteiger partial charge in [-0.15, -0.1) is 11.3 Å². The van der Waals surface area contributed by atoms with Gasteiger partial charge in [0.2, 0.25) is 0 Å². The van der Waals surface area contributed by atoms with E-state index in [0.717, 1.165) is 9.35 Å². The smallest absolute Gasteiger partial charge is 0.251 e. The Morgan fingerprint density at radius 1 is 1.29 bits per heavy atom. The molecule has 1 amide bonds. The number of thiophene rings is 1. The second-order valence-electron chi connectivity index (χ2n) is 3.38. The molecule has 1 aromatic carbocycles. The van der Waals surface area contributed by atoms with Crippen molar-refractivity contribution < 1.29 is 4.79 Å². The van der Waals surface area contributed by atoms with Crippen molar-refractivity contribution in [2.24, 2.45) is 0 Å². The first kappa shape index (κ1) is 12.6. The first-order valence-electron chi connectivity index (χ1n) is 4.92. The van der Waals surface area contributed by atoms with Crippen molar-refractivity contribution in [3.63, 3.8) is 0 Å². The van der Waals surface area contributed by atoms with Crippen LogP contribution in [0.1, 0.15) is 15.2 Å². The summed E-state index contributed by atoms with van der Waals surface area (Å²) in [6.07, 6.45) is 0. The predicted octanol–water partition coefficient (Wildman–Crippen LogP) is 4.09. The molecule has 17 heavy (non-hydrogen) atoms. The van der Waals surface area contributed by atoms with E-state index in [1.165, 1.54) is 0 Å². The van der Waals surface area contributed by atoms with E-state index in [2.05, 4.69) is 21.2 Å². The Hall–Kier alpha value is -0.840. The normalized spacial score (nSPS) is 10.2. The van der Waals surface area contributed by atoms with Gasteiger partial charge in [0, 0.05) is 19.9 Å². The highest BCUT2D eigenvalue weighted by molar-refractivity contribution is 9.10. The first-order valence-corrected chi connectivity index (χ1v) is 6.97. The molecule has 0 fully saturated rings. The molecular formula is C12H9BrClNOS. The predicted molar refractivity (Wildman–Crippen MR) is 74.6 cm³/mol. The molecule has 0 spiro atoms. The van der Waals surface area contributed by atoms with Crippen LogP contribution in [-0.2, 0) is 6.54 Å². The molecule has 1 N–H and O–H groups in total. The van der Waals surface area contributed by atoms with Crippen molar-refractivity contribution in [1.29, 1.82) is 0 Å². The summed E-state index contributed by atoms with van der Waals surface area (Å²) in [5, 5.41) is 5.47. The maximum Gasteiger partial charge on any atom is 0.251 e. The maximum absolute atomic E-state index is 11.8. The average Bonchev–Trinajstić information content (AvgIpc) is 2.73. The number of amides is 1. The van der Waals surface area contributed by atoms with E-state index < -0.39 is 0 Å². The Bertz CT molecular complexity index is 524. The fraction of sp³-hybridized carbons (Fsp3) is 0.0833. The van der Waals surface area contributed by atoms with Crippen LogP contribution in [0.25, 0.3) is 0 Å². The van der Waals surface area contributed by atoms with Crippen LogP contribution in [0.15, 0.2) is 40.2 Å². The molecule has 0 aliphatic rings. The van der Waals surface area contributed by atoms with Crippen molar-refractivity contribution in [2.75, 3.05) is 0 Å². The summed E-state index contributed by atoms with van der Waals surface area (Å²) in [6, 6.07) is 8.80. The molecule has 2 rings (SSSR count). The van der Waals surface area contributed by atoms with Gasteiger partial charge in [-0.3, -0.25) is 4.79 Å². The van der Waals surface area contributed by atoms with Crippen LogP contribution in [0.5, 0.6) is 0 Å². The zero-order valence-electron chi connectivity index (χ0n) is 8.74. The lowest BCUT2D eigenvalue weighted by Crippen LogP contribution is -2.22. The van der Waals surface area contributed by atoms with E-state index in [4.69, 9.17) is 11.6 Å². The zero-order valence-corrected chi connectivity index (χ0v) is 11.9. The molecule has 1 heterocycles. The lowest BCUT2D eigenvalue weighted by atomic mass is 10.2. The van der Waals surface area contributed by atoms with Gasteiger partial charge in [0.1, 0.15) is 0 Å². The average molecular weight is 331 g/mol. The molecule has 88 valence electrons. The van der Waals surface area contributed by atoms with Gasteiger partial charge in [-0.2, -0.15) is 0 Å². The van der Waals surface area contributed by atoms with Gasteiger partial charge < -0.3 is 5.32 Å². The largest absolute Gasteiger partial charge is 0.347 e. The van der Waals surface area contributed by atoms with Crippen LogP contribution >= 0.6 is 38.9 Å². The van der Waals surface area contributed by atoms with Crippen molar-refractivity contribution in [3.8, 4) is 0 Å². The summed E-state index contributed by atoms with van der Waals surface area (Å²) in [7, 11) is 0. The molecule has 0 aliphatic carbocycles. The van der Waals surface area contributed by atoms with Gasteiger partial charge in [0.15, 0.2) is 0 Å². The molecule has 0 radical (unpaired) electrons. The molecular weight excluding hydrogens is 322 g/mol. The van der Waals surface area contributed by atoms with Gasteiger partial charge in [-0.05, 0) is 51.6 Å². The highest BCUT2D eigenvalue weighted by Gasteiger charge is 2.06. The highest BCUT2D eigenvalue weighted by atomic mass is 79.9. The maximum atomic E-state index is 11.8. The summed E-state index contributed by atoms with van der Waals surface area (Å²) in [4.78, 5) is 12.9. The lowest BCUT2D eigenvalue weighted by Gasteiger charge is -2.04. The van der Waals surface area contributed by atoms with E-state index in [1.54, 1.807) is 35.6 Å². The number of hydrogen-bond acceptors (Lipinski definition) is 2. The van der Waals surface area contributed by atoms with E-state index in [1.807, 2.05) is 11.4 Å². The molecule has 0 saturated carbocycles. The minimum Gasteiger partial charge on any atom is -0.347 e. The number of hydrogen-bond donors (Lipinski definition) is 1. The standard InChI is InChI=1S/C12H9BrClNOS/c13-10-5-6-17-11(10)7-15-12(16)8-1-3-9(14)4-2-8/h1-6H,7H2,(H,15,16). The molecule has 1 aromatic heterocycles. The molecule has 0 bridgehead atoms. The molecule has 0 aliphatic heterocycles. The summed E-state index contributed by atoms with van der Waals surface area (Å²) in [5.74, 6) is -0.0954. The van der Waals surface area contributed by atoms with Gasteiger partial charge in [0.05, 0.1) is 6.54 Å². The van der Waals surface area contributed by atoms with Gasteiger partial charge in [0.25, 0.3) is 5.91 Å². The van der Waals surface area contributed by atoms with Crippen LogP contribution in [0.2, 0.25) is 5.02 Å². The first-order chi connectivity index (χ1) is 8.16. The van der Waals surface area contributed by atoms with Crippen molar-refractivity contribution >= 4 is 44.8 Å². The molecule has 0 unspecified atom stereocenters. The van der Waals surface area contributed by atoms with E-state index >= 15 is 0 Å². The minimum atomic E-state index is -0.0954. The lowest BCUT2D eigenvalue weighted by molar-refractivity contribution is 0.0951. The molecule has 0 saturated heterocycles. The number of halogens is 2.